The Morgan fingerprint density at radius 2 is 1.94 bits per heavy atom. The average molecular weight is 422 g/mol. The monoisotopic (exact) mass is 421 g/mol. The third kappa shape index (κ3) is 5.83. The molecule has 6 nitrogen and oxygen atoms in total. The van der Waals surface area contributed by atoms with Gasteiger partial charge in [0.2, 0.25) is 0 Å². The third-order valence-electron chi connectivity index (χ3n) is 6.60. The lowest BCUT2D eigenvalue weighted by molar-refractivity contribution is 0.102. The van der Waals surface area contributed by atoms with E-state index in [-0.39, 0.29) is 5.91 Å². The third-order valence-corrected chi connectivity index (χ3v) is 6.60. The fraction of sp³-hybridized carbons (Fsp3) is 0.520. The number of pyridine rings is 1. The summed E-state index contributed by atoms with van der Waals surface area (Å²) in [6.07, 6.45) is 6.38. The van der Waals surface area contributed by atoms with Crippen molar-refractivity contribution in [1.29, 1.82) is 0 Å². The van der Waals surface area contributed by atoms with Gasteiger partial charge in [-0.3, -0.25) is 4.79 Å². The molecule has 31 heavy (non-hydrogen) atoms. The van der Waals surface area contributed by atoms with Crippen molar-refractivity contribution < 1.29 is 4.79 Å². The molecule has 2 fully saturated rings. The Balaban J connectivity index is 1.36. The zero-order chi connectivity index (χ0) is 21.6. The van der Waals surface area contributed by atoms with Gasteiger partial charge >= 0.3 is 0 Å². The standard InChI is InChI=1S/C25H35N5O/c1-20-6-3-4-12-30(20)24-19-22(9-11-26-24)25(31)27-23-8-5-7-21(18-23)10-13-29-16-14-28(2)15-17-29/h5,7-9,11,18-20H,3-4,6,10,12-17H2,1-2H3,(H,27,31)/t20-/m1/s1. The molecule has 0 spiro atoms. The van der Waals surface area contributed by atoms with Crippen LogP contribution in [0.4, 0.5) is 11.5 Å². The van der Waals surface area contributed by atoms with Gasteiger partial charge < -0.3 is 20.0 Å². The minimum atomic E-state index is -0.0791. The van der Waals surface area contributed by atoms with E-state index in [9.17, 15) is 4.79 Å². The van der Waals surface area contributed by atoms with E-state index in [4.69, 9.17) is 0 Å². The lowest BCUT2D eigenvalue weighted by Gasteiger charge is -2.34. The van der Waals surface area contributed by atoms with E-state index in [0.717, 1.165) is 57.2 Å². The summed E-state index contributed by atoms with van der Waals surface area (Å²) in [5.41, 5.74) is 2.77. The van der Waals surface area contributed by atoms with Gasteiger partial charge in [-0.05, 0) is 69.5 Å². The van der Waals surface area contributed by atoms with Gasteiger partial charge in [-0.1, -0.05) is 12.1 Å². The second kappa shape index (κ2) is 10.2. The van der Waals surface area contributed by atoms with Gasteiger partial charge in [0.1, 0.15) is 5.82 Å². The first-order chi connectivity index (χ1) is 15.1. The van der Waals surface area contributed by atoms with E-state index < -0.39 is 0 Å². The topological polar surface area (TPSA) is 51.7 Å². The Bertz CT molecular complexity index is 878. The number of carbonyl (C=O) groups is 1. The lowest BCUT2D eigenvalue weighted by atomic mass is 10.0. The molecule has 1 aromatic carbocycles. The molecule has 1 amide bonds. The predicted octanol–water partition coefficient (Wildman–Crippen LogP) is 3.50. The number of carbonyl (C=O) groups excluding carboxylic acids is 1. The molecule has 0 bridgehead atoms. The maximum atomic E-state index is 12.9. The number of piperidine rings is 1. The van der Waals surface area contributed by atoms with Crippen LogP contribution in [0.3, 0.4) is 0 Å². The quantitative estimate of drug-likeness (QED) is 0.774. The molecule has 6 heteroatoms. The number of hydrogen-bond donors (Lipinski definition) is 1. The van der Waals surface area contributed by atoms with E-state index >= 15 is 0 Å². The van der Waals surface area contributed by atoms with Crippen molar-refractivity contribution in [1.82, 2.24) is 14.8 Å². The second-order valence-electron chi connectivity index (χ2n) is 8.99. The molecule has 0 saturated carbocycles. The maximum Gasteiger partial charge on any atom is 0.255 e. The summed E-state index contributed by atoms with van der Waals surface area (Å²) in [7, 11) is 2.18. The van der Waals surface area contributed by atoms with Crippen LogP contribution in [0.2, 0.25) is 0 Å². The van der Waals surface area contributed by atoms with Crippen LogP contribution >= 0.6 is 0 Å². The van der Waals surface area contributed by atoms with Crippen LogP contribution in [0.25, 0.3) is 0 Å². The number of aromatic nitrogens is 1. The summed E-state index contributed by atoms with van der Waals surface area (Å²) in [6.45, 7) is 8.85. The summed E-state index contributed by atoms with van der Waals surface area (Å²) in [5, 5.41) is 3.08. The highest BCUT2D eigenvalue weighted by Crippen LogP contribution is 2.24. The second-order valence-corrected chi connectivity index (χ2v) is 8.99. The SMILES string of the molecule is C[C@@H]1CCCCN1c1cc(C(=O)Nc2cccc(CCN3CCN(C)CC3)c2)ccn1. The maximum absolute atomic E-state index is 12.9. The molecule has 2 aliphatic heterocycles. The molecular formula is C25H35N5O. The molecule has 0 radical (unpaired) electrons. The summed E-state index contributed by atoms with van der Waals surface area (Å²) in [6, 6.07) is 12.4. The van der Waals surface area contributed by atoms with Crippen LogP contribution < -0.4 is 10.2 Å². The summed E-state index contributed by atoms with van der Waals surface area (Å²) in [5.74, 6) is 0.824. The highest BCUT2D eigenvalue weighted by Gasteiger charge is 2.20. The Kier molecular flexibility index (Phi) is 7.20. The number of nitrogens with one attached hydrogen (secondary N) is 1. The van der Waals surface area contributed by atoms with Gasteiger partial charge in [-0.2, -0.15) is 0 Å². The minimum Gasteiger partial charge on any atom is -0.354 e. The van der Waals surface area contributed by atoms with Gasteiger partial charge in [0.05, 0.1) is 0 Å². The van der Waals surface area contributed by atoms with Crippen LogP contribution in [0.5, 0.6) is 0 Å². The molecule has 1 N–H and O–H groups in total. The van der Waals surface area contributed by atoms with E-state index in [1.54, 1.807) is 12.3 Å². The van der Waals surface area contributed by atoms with Crippen LogP contribution in [0.15, 0.2) is 42.6 Å². The predicted molar refractivity (Wildman–Crippen MR) is 127 cm³/mol. The Morgan fingerprint density at radius 3 is 2.74 bits per heavy atom. The number of benzene rings is 1. The molecule has 3 heterocycles. The van der Waals surface area contributed by atoms with Gasteiger partial charge in [0.15, 0.2) is 0 Å². The number of piperazine rings is 1. The van der Waals surface area contributed by atoms with Crippen LogP contribution in [-0.2, 0) is 6.42 Å². The van der Waals surface area contributed by atoms with Crippen molar-refractivity contribution >= 4 is 17.4 Å². The Morgan fingerprint density at radius 1 is 1.10 bits per heavy atom. The first-order valence-electron chi connectivity index (χ1n) is 11.6. The van der Waals surface area contributed by atoms with Crippen molar-refractivity contribution in [2.24, 2.45) is 0 Å². The smallest absolute Gasteiger partial charge is 0.255 e. The number of nitrogens with zero attached hydrogens (tertiary/aromatic N) is 4. The lowest BCUT2D eigenvalue weighted by Crippen LogP contribution is -2.45. The molecule has 1 atom stereocenters. The number of rotatable bonds is 6. The van der Waals surface area contributed by atoms with Crippen molar-refractivity contribution in [3.8, 4) is 0 Å². The molecule has 2 aromatic rings. The van der Waals surface area contributed by atoms with E-state index in [1.807, 2.05) is 18.2 Å². The molecular weight excluding hydrogens is 386 g/mol. The van der Waals surface area contributed by atoms with Gasteiger partial charge in [-0.15, -0.1) is 0 Å². The first kappa shape index (κ1) is 21.8. The van der Waals surface area contributed by atoms with E-state index in [1.165, 1.54) is 24.8 Å². The fourth-order valence-corrected chi connectivity index (χ4v) is 4.52. The van der Waals surface area contributed by atoms with Crippen LogP contribution in [0.1, 0.15) is 42.1 Å². The van der Waals surface area contributed by atoms with Crippen LogP contribution in [0, 0.1) is 0 Å². The average Bonchev–Trinajstić information content (AvgIpc) is 2.79. The molecule has 0 unspecified atom stereocenters. The molecule has 2 aliphatic rings. The number of amides is 1. The van der Waals surface area contributed by atoms with Crippen molar-refractivity contribution in [3.63, 3.8) is 0 Å². The van der Waals surface area contributed by atoms with Crippen LogP contribution in [-0.4, -0.2) is 73.0 Å². The van der Waals surface area contributed by atoms with Crippen molar-refractivity contribution in [2.45, 2.75) is 38.6 Å². The zero-order valence-corrected chi connectivity index (χ0v) is 18.9. The van der Waals surface area contributed by atoms with Crippen molar-refractivity contribution in [2.75, 3.05) is 56.5 Å². The van der Waals surface area contributed by atoms with E-state index in [2.05, 4.69) is 51.1 Å². The normalized spacial score (nSPS) is 20.6. The highest BCUT2D eigenvalue weighted by atomic mass is 16.1. The molecule has 4 rings (SSSR count). The largest absolute Gasteiger partial charge is 0.354 e. The van der Waals surface area contributed by atoms with E-state index in [0.29, 0.717) is 11.6 Å². The summed E-state index contributed by atoms with van der Waals surface area (Å²) in [4.78, 5) is 24.7. The molecule has 0 aliphatic carbocycles. The molecule has 2 saturated heterocycles. The first-order valence-corrected chi connectivity index (χ1v) is 11.6. The van der Waals surface area contributed by atoms with Gasteiger partial charge in [0.25, 0.3) is 5.91 Å². The highest BCUT2D eigenvalue weighted by molar-refractivity contribution is 6.04. The molecule has 1 aromatic heterocycles. The summed E-state index contributed by atoms with van der Waals surface area (Å²) >= 11 is 0. The fourth-order valence-electron chi connectivity index (χ4n) is 4.52. The molecule has 166 valence electrons. The van der Waals surface area contributed by atoms with Gasteiger partial charge in [-0.25, -0.2) is 4.98 Å². The Labute approximate surface area is 186 Å². The van der Waals surface area contributed by atoms with Crippen molar-refractivity contribution in [3.05, 3.63) is 53.7 Å². The minimum absolute atomic E-state index is 0.0791. The Hall–Kier alpha value is -2.44. The number of anilines is 2. The number of hydrogen-bond acceptors (Lipinski definition) is 5. The van der Waals surface area contributed by atoms with Gasteiger partial charge in [0, 0.05) is 62.8 Å². The zero-order valence-electron chi connectivity index (χ0n) is 18.9. The summed E-state index contributed by atoms with van der Waals surface area (Å²) < 4.78 is 0. The number of likely N-dealkylation sites (N-methyl/N-ethyl adjacent to an activating group) is 1.